The summed E-state index contributed by atoms with van der Waals surface area (Å²) in [6, 6.07) is 20.3. The zero-order valence-corrected chi connectivity index (χ0v) is 18.5. The topological polar surface area (TPSA) is 34.5 Å². The monoisotopic (exact) mass is 426 g/mol. The van der Waals surface area contributed by atoms with E-state index in [1.54, 1.807) is 10.6 Å². The minimum absolute atomic E-state index is 0.0491. The third kappa shape index (κ3) is 4.86. The molecule has 0 N–H and O–H groups in total. The Bertz CT molecular complexity index is 1160. The molecule has 5 rings (SSSR count). The van der Waals surface area contributed by atoms with E-state index in [9.17, 15) is 4.79 Å². The van der Waals surface area contributed by atoms with Crippen molar-refractivity contribution in [2.75, 3.05) is 13.1 Å². The number of aromatic nitrogens is 1. The lowest BCUT2D eigenvalue weighted by Crippen LogP contribution is -2.29. The van der Waals surface area contributed by atoms with Crippen LogP contribution in [-0.4, -0.2) is 22.6 Å². The molecule has 32 heavy (non-hydrogen) atoms. The first-order chi connectivity index (χ1) is 15.7. The van der Waals surface area contributed by atoms with Crippen LogP contribution in [0, 0.1) is 0 Å². The number of fused-ring (bicyclic) bond motifs is 1. The molecule has 0 spiro atoms. The first-order valence-corrected chi connectivity index (χ1v) is 11.7. The van der Waals surface area contributed by atoms with E-state index in [0.717, 1.165) is 30.6 Å². The lowest BCUT2D eigenvalue weighted by Gasteiger charge is -2.27. The highest BCUT2D eigenvalue weighted by molar-refractivity contribution is 5.75. The summed E-state index contributed by atoms with van der Waals surface area (Å²) in [7, 11) is 0. The first-order valence-electron chi connectivity index (χ1n) is 11.7. The Morgan fingerprint density at radius 1 is 0.844 bits per heavy atom. The molecule has 2 aliphatic rings. The molecule has 1 aliphatic heterocycles. The number of rotatable bonds is 6. The summed E-state index contributed by atoms with van der Waals surface area (Å²) in [6.07, 6.45) is 9.84. The summed E-state index contributed by atoms with van der Waals surface area (Å²) in [5, 5.41) is 0. The number of hydrogen-bond donors (Lipinski definition) is 0. The largest absolute Gasteiger partial charge is 0.489 e. The van der Waals surface area contributed by atoms with Gasteiger partial charge in [0.15, 0.2) is 0 Å². The van der Waals surface area contributed by atoms with Crippen LogP contribution in [0.3, 0.4) is 0 Å². The summed E-state index contributed by atoms with van der Waals surface area (Å²) in [5.74, 6) is 0.606. The summed E-state index contributed by atoms with van der Waals surface area (Å²) >= 11 is 0. The average molecular weight is 427 g/mol. The third-order valence-electron chi connectivity index (χ3n) is 6.48. The number of piperidine rings is 1. The summed E-state index contributed by atoms with van der Waals surface area (Å²) in [6.45, 7) is 3.94. The van der Waals surface area contributed by atoms with E-state index in [0.29, 0.717) is 12.4 Å². The molecular weight excluding hydrogens is 396 g/mol. The van der Waals surface area contributed by atoms with Crippen LogP contribution in [0.5, 0.6) is 5.75 Å². The highest BCUT2D eigenvalue weighted by atomic mass is 16.5. The highest BCUT2D eigenvalue weighted by Gasteiger charge is 2.15. The Kier molecular flexibility index (Phi) is 6.22. The SMILES string of the molecule is O=c1cc(OCc2ccccc2)ccn1C1=Cc2ccc(CN3CCCCC3)cc2CC1. The van der Waals surface area contributed by atoms with E-state index in [4.69, 9.17) is 4.74 Å². The van der Waals surface area contributed by atoms with Gasteiger partial charge in [-0.05, 0) is 73.2 Å². The molecule has 1 fully saturated rings. The minimum atomic E-state index is -0.0491. The average Bonchev–Trinajstić information content (AvgIpc) is 2.84. The van der Waals surface area contributed by atoms with E-state index in [-0.39, 0.29) is 5.56 Å². The first kappa shape index (κ1) is 20.8. The molecule has 4 heteroatoms. The predicted octanol–water partition coefficient (Wildman–Crippen LogP) is 5.36. The molecule has 0 unspecified atom stereocenters. The van der Waals surface area contributed by atoms with E-state index < -0.39 is 0 Å². The van der Waals surface area contributed by atoms with Crippen molar-refractivity contribution < 1.29 is 4.74 Å². The molecule has 0 amide bonds. The molecule has 0 radical (unpaired) electrons. The fourth-order valence-electron chi connectivity index (χ4n) is 4.72. The maximum atomic E-state index is 12.8. The molecule has 164 valence electrons. The lowest BCUT2D eigenvalue weighted by atomic mass is 9.93. The Labute approximate surface area is 189 Å². The Hall–Kier alpha value is -3.11. The van der Waals surface area contributed by atoms with Crippen LogP contribution in [0.1, 0.15) is 47.9 Å². The highest BCUT2D eigenvalue weighted by Crippen LogP contribution is 2.28. The van der Waals surface area contributed by atoms with Gasteiger partial charge in [0.05, 0.1) is 0 Å². The summed E-state index contributed by atoms with van der Waals surface area (Å²) in [4.78, 5) is 15.3. The molecule has 0 atom stereocenters. The smallest absolute Gasteiger partial charge is 0.258 e. The van der Waals surface area contributed by atoms with Crippen molar-refractivity contribution in [2.24, 2.45) is 0 Å². The molecule has 2 aromatic carbocycles. The molecule has 3 aromatic rings. The van der Waals surface area contributed by atoms with Crippen LogP contribution >= 0.6 is 0 Å². The van der Waals surface area contributed by atoms with Gasteiger partial charge in [0.1, 0.15) is 12.4 Å². The van der Waals surface area contributed by atoms with Crippen LogP contribution in [0.25, 0.3) is 11.8 Å². The van der Waals surface area contributed by atoms with Crippen molar-refractivity contribution in [3.63, 3.8) is 0 Å². The molecule has 1 aliphatic carbocycles. The number of hydrogen-bond acceptors (Lipinski definition) is 3. The molecular formula is C28H30N2O2. The Morgan fingerprint density at radius 2 is 1.69 bits per heavy atom. The van der Waals surface area contributed by atoms with Gasteiger partial charge in [-0.25, -0.2) is 0 Å². The van der Waals surface area contributed by atoms with Gasteiger partial charge < -0.3 is 4.74 Å². The van der Waals surface area contributed by atoms with Crippen LogP contribution in [0.4, 0.5) is 0 Å². The van der Waals surface area contributed by atoms with Crippen molar-refractivity contribution >= 4 is 11.8 Å². The molecule has 2 heterocycles. The van der Waals surface area contributed by atoms with Gasteiger partial charge >= 0.3 is 0 Å². The molecule has 1 aromatic heterocycles. The van der Waals surface area contributed by atoms with Crippen LogP contribution in [0.2, 0.25) is 0 Å². The van der Waals surface area contributed by atoms with Crippen LogP contribution in [-0.2, 0) is 19.6 Å². The molecule has 0 saturated carbocycles. The summed E-state index contributed by atoms with van der Waals surface area (Å²) < 4.78 is 7.56. The number of pyridine rings is 1. The van der Waals surface area contributed by atoms with Gasteiger partial charge in [-0.3, -0.25) is 14.3 Å². The van der Waals surface area contributed by atoms with Crippen molar-refractivity contribution in [3.05, 3.63) is 99.5 Å². The maximum absolute atomic E-state index is 12.8. The minimum Gasteiger partial charge on any atom is -0.489 e. The zero-order chi connectivity index (χ0) is 21.8. The molecule has 0 bridgehead atoms. The second-order valence-corrected chi connectivity index (χ2v) is 8.85. The number of allylic oxidation sites excluding steroid dienone is 1. The number of nitrogens with zero attached hydrogens (tertiary/aromatic N) is 2. The van der Waals surface area contributed by atoms with Crippen LogP contribution < -0.4 is 10.3 Å². The normalized spacial score (nSPS) is 16.3. The van der Waals surface area contributed by atoms with Gasteiger partial charge in [-0.2, -0.15) is 0 Å². The van der Waals surface area contributed by atoms with Gasteiger partial charge in [-0.1, -0.05) is 55.0 Å². The Balaban J connectivity index is 1.29. The van der Waals surface area contributed by atoms with Crippen molar-refractivity contribution in [1.29, 1.82) is 0 Å². The van der Waals surface area contributed by atoms with Crippen molar-refractivity contribution in [1.82, 2.24) is 9.47 Å². The lowest BCUT2D eigenvalue weighted by molar-refractivity contribution is 0.221. The second kappa shape index (κ2) is 9.58. The van der Waals surface area contributed by atoms with Gasteiger partial charge in [0.2, 0.25) is 0 Å². The number of ether oxygens (including phenoxy) is 1. The van der Waals surface area contributed by atoms with Crippen LogP contribution in [0.15, 0.2) is 71.7 Å². The fourth-order valence-corrected chi connectivity index (χ4v) is 4.72. The molecule has 4 nitrogen and oxygen atoms in total. The number of benzene rings is 2. The summed E-state index contributed by atoms with van der Waals surface area (Å²) in [5.41, 5.74) is 6.10. The van der Waals surface area contributed by atoms with E-state index in [1.165, 1.54) is 49.0 Å². The van der Waals surface area contributed by atoms with E-state index >= 15 is 0 Å². The van der Waals surface area contributed by atoms with Crippen molar-refractivity contribution in [3.8, 4) is 5.75 Å². The van der Waals surface area contributed by atoms with Gasteiger partial charge in [0, 0.05) is 24.5 Å². The quantitative estimate of drug-likeness (QED) is 0.532. The zero-order valence-electron chi connectivity index (χ0n) is 18.5. The fraction of sp³-hybridized carbons (Fsp3) is 0.321. The Morgan fingerprint density at radius 3 is 2.50 bits per heavy atom. The predicted molar refractivity (Wildman–Crippen MR) is 130 cm³/mol. The number of aryl methyl sites for hydroxylation is 1. The van der Waals surface area contributed by atoms with E-state index in [2.05, 4.69) is 29.2 Å². The second-order valence-electron chi connectivity index (χ2n) is 8.85. The van der Waals surface area contributed by atoms with Gasteiger partial charge in [-0.15, -0.1) is 0 Å². The maximum Gasteiger partial charge on any atom is 0.258 e. The standard InChI is InChI=1S/C28H30N2O2/c31-28-19-27(32-21-22-7-3-1-4-8-22)13-16-30(28)26-12-11-24-17-23(9-10-25(24)18-26)20-29-14-5-2-6-15-29/h1,3-4,7-10,13,16-19H,2,5-6,11-12,14-15,20-21H2. The molecule has 1 saturated heterocycles. The van der Waals surface area contributed by atoms with E-state index in [1.807, 2.05) is 42.6 Å². The number of likely N-dealkylation sites (tertiary alicyclic amines) is 1. The third-order valence-corrected chi connectivity index (χ3v) is 6.48. The van der Waals surface area contributed by atoms with Gasteiger partial charge in [0.25, 0.3) is 5.56 Å². The van der Waals surface area contributed by atoms with Crippen molar-refractivity contribution in [2.45, 2.75) is 45.3 Å².